The Balaban J connectivity index is 2.20. The van der Waals surface area contributed by atoms with Gasteiger partial charge in [-0.05, 0) is 32.1 Å². The fourth-order valence-electron chi connectivity index (χ4n) is 6.50. The molecule has 242 valence electrons. The molecule has 2 nitrogen and oxygen atoms in total. The second kappa shape index (κ2) is 30.7. The predicted molar refractivity (Wildman–Crippen MR) is 184 cm³/mol. The standard InChI is InChI=1S/C39H77N2/c1-4-7-10-13-16-18-19-20-21-22-23-24-25-27-30-33-36-41-38-37-40(35-32-29-15-12-9-6-3)39(41)34-31-28-26-17-14-11-8-5-2/h37-38H,4-36H2,1-3H3/q+1. The number of hydrogen-bond acceptors (Lipinski definition) is 0. The summed E-state index contributed by atoms with van der Waals surface area (Å²) in [5, 5.41) is 0. The Morgan fingerprint density at radius 2 is 0.756 bits per heavy atom. The molecule has 0 aliphatic carbocycles. The van der Waals surface area contributed by atoms with Gasteiger partial charge in [0.25, 0.3) is 5.82 Å². The van der Waals surface area contributed by atoms with Crippen LogP contribution in [0, 0.1) is 0 Å². The molecule has 0 N–H and O–H groups in total. The lowest BCUT2D eigenvalue weighted by atomic mass is 10.0. The first-order valence-corrected chi connectivity index (χ1v) is 19.4. The molecular weight excluding hydrogens is 496 g/mol. The van der Waals surface area contributed by atoms with Crippen LogP contribution in [0.3, 0.4) is 0 Å². The third kappa shape index (κ3) is 23.4. The smallest absolute Gasteiger partial charge is 0.234 e. The minimum atomic E-state index is 1.23. The predicted octanol–water partition coefficient (Wildman–Crippen LogP) is 13.1. The summed E-state index contributed by atoms with van der Waals surface area (Å²) >= 11 is 0. The maximum Gasteiger partial charge on any atom is 0.256 e. The van der Waals surface area contributed by atoms with Crippen LogP contribution in [0.4, 0.5) is 0 Å². The summed E-state index contributed by atoms with van der Waals surface area (Å²) in [7, 11) is 0. The van der Waals surface area contributed by atoms with Gasteiger partial charge in [-0.1, -0.05) is 181 Å². The Bertz CT molecular complexity index is 634. The lowest BCUT2D eigenvalue weighted by Crippen LogP contribution is -2.37. The first-order chi connectivity index (χ1) is 20.3. The van der Waals surface area contributed by atoms with Gasteiger partial charge in [0.1, 0.15) is 12.4 Å². The minimum Gasteiger partial charge on any atom is -0.234 e. The third-order valence-corrected chi connectivity index (χ3v) is 9.35. The fourth-order valence-corrected chi connectivity index (χ4v) is 6.50. The van der Waals surface area contributed by atoms with E-state index in [0.29, 0.717) is 0 Å². The lowest BCUT2D eigenvalue weighted by Gasteiger charge is -2.07. The zero-order valence-electron chi connectivity index (χ0n) is 28.9. The van der Waals surface area contributed by atoms with Gasteiger partial charge in [0.15, 0.2) is 0 Å². The highest BCUT2D eigenvalue weighted by Gasteiger charge is 2.16. The zero-order valence-corrected chi connectivity index (χ0v) is 28.9. The number of aryl methyl sites for hydroxylation is 2. The average Bonchev–Trinajstić information content (AvgIpc) is 3.37. The molecule has 0 radical (unpaired) electrons. The summed E-state index contributed by atoms with van der Waals surface area (Å²) < 4.78 is 5.25. The average molecular weight is 574 g/mol. The van der Waals surface area contributed by atoms with Crippen molar-refractivity contribution in [3.05, 3.63) is 18.2 Å². The lowest BCUT2D eigenvalue weighted by molar-refractivity contribution is -0.704. The van der Waals surface area contributed by atoms with Crippen molar-refractivity contribution < 1.29 is 4.57 Å². The molecular formula is C39H77N2+. The Hall–Kier alpha value is -0.790. The van der Waals surface area contributed by atoms with Gasteiger partial charge in [0, 0.05) is 6.42 Å². The Morgan fingerprint density at radius 3 is 1.17 bits per heavy atom. The fraction of sp³-hybridized carbons (Fsp3) is 0.923. The van der Waals surface area contributed by atoms with E-state index in [1.54, 1.807) is 5.82 Å². The number of unbranched alkanes of at least 4 members (excludes halogenated alkanes) is 27. The molecule has 0 spiro atoms. The van der Waals surface area contributed by atoms with Crippen molar-refractivity contribution in [1.82, 2.24) is 4.57 Å². The molecule has 41 heavy (non-hydrogen) atoms. The largest absolute Gasteiger partial charge is 0.256 e. The quantitative estimate of drug-likeness (QED) is 0.0584. The Kier molecular flexibility index (Phi) is 28.6. The molecule has 0 aliphatic heterocycles. The van der Waals surface area contributed by atoms with Gasteiger partial charge in [0.2, 0.25) is 0 Å². The van der Waals surface area contributed by atoms with Crippen LogP contribution < -0.4 is 4.57 Å². The number of aromatic nitrogens is 2. The van der Waals surface area contributed by atoms with Crippen LogP contribution in [0.25, 0.3) is 0 Å². The monoisotopic (exact) mass is 574 g/mol. The number of hydrogen-bond donors (Lipinski definition) is 0. The zero-order chi connectivity index (χ0) is 29.5. The van der Waals surface area contributed by atoms with E-state index < -0.39 is 0 Å². The summed E-state index contributed by atoms with van der Waals surface area (Å²) in [5.41, 5.74) is 0. The van der Waals surface area contributed by atoms with Gasteiger partial charge in [-0.25, -0.2) is 9.13 Å². The van der Waals surface area contributed by atoms with Crippen molar-refractivity contribution in [2.45, 2.75) is 233 Å². The highest BCUT2D eigenvalue weighted by Crippen LogP contribution is 2.15. The second-order valence-corrected chi connectivity index (χ2v) is 13.4. The van der Waals surface area contributed by atoms with E-state index in [1.807, 2.05) is 0 Å². The van der Waals surface area contributed by atoms with Crippen LogP contribution >= 0.6 is 0 Å². The van der Waals surface area contributed by atoms with E-state index in [1.165, 1.54) is 212 Å². The van der Waals surface area contributed by atoms with Crippen LogP contribution in [0.2, 0.25) is 0 Å². The van der Waals surface area contributed by atoms with E-state index in [2.05, 4.69) is 42.3 Å². The molecule has 0 aliphatic rings. The molecule has 2 heteroatoms. The van der Waals surface area contributed by atoms with Crippen LogP contribution in [-0.4, -0.2) is 4.57 Å². The molecule has 0 amide bonds. The maximum absolute atomic E-state index is 2.63. The Labute approximate surface area is 259 Å². The van der Waals surface area contributed by atoms with Crippen LogP contribution in [-0.2, 0) is 19.5 Å². The summed E-state index contributed by atoms with van der Waals surface area (Å²) in [4.78, 5) is 0. The van der Waals surface area contributed by atoms with Crippen molar-refractivity contribution in [2.24, 2.45) is 0 Å². The van der Waals surface area contributed by atoms with E-state index in [0.717, 1.165) is 0 Å². The van der Waals surface area contributed by atoms with Crippen molar-refractivity contribution in [2.75, 3.05) is 0 Å². The number of nitrogens with zero attached hydrogens (tertiary/aromatic N) is 2. The van der Waals surface area contributed by atoms with Gasteiger partial charge in [0.05, 0.1) is 13.1 Å². The second-order valence-electron chi connectivity index (χ2n) is 13.4. The molecule has 1 aromatic rings. The molecule has 1 heterocycles. The highest BCUT2D eigenvalue weighted by atomic mass is 15.1. The van der Waals surface area contributed by atoms with Gasteiger partial charge in [-0.2, -0.15) is 0 Å². The molecule has 1 rings (SSSR count). The first-order valence-electron chi connectivity index (χ1n) is 19.4. The number of rotatable bonds is 33. The molecule has 0 saturated carbocycles. The molecule has 0 fully saturated rings. The maximum atomic E-state index is 2.63. The Morgan fingerprint density at radius 1 is 0.415 bits per heavy atom. The van der Waals surface area contributed by atoms with Gasteiger partial charge < -0.3 is 0 Å². The molecule has 0 unspecified atom stereocenters. The summed E-state index contributed by atoms with van der Waals surface area (Å²) in [5.74, 6) is 1.62. The molecule has 1 aromatic heterocycles. The van der Waals surface area contributed by atoms with E-state index in [-0.39, 0.29) is 0 Å². The highest BCUT2D eigenvalue weighted by molar-refractivity contribution is 4.84. The molecule has 0 saturated heterocycles. The normalized spacial score (nSPS) is 11.6. The van der Waals surface area contributed by atoms with E-state index in [9.17, 15) is 0 Å². The van der Waals surface area contributed by atoms with E-state index >= 15 is 0 Å². The topological polar surface area (TPSA) is 8.81 Å². The SMILES string of the molecule is CCCCCCCCCCCCCCCCCC[n+]1ccn(CCCCCCCC)c1CCCCCCCCCC. The molecule has 0 atom stereocenters. The molecule has 0 aromatic carbocycles. The van der Waals surface area contributed by atoms with Crippen molar-refractivity contribution in [3.8, 4) is 0 Å². The van der Waals surface area contributed by atoms with Crippen LogP contribution in [0.15, 0.2) is 12.4 Å². The van der Waals surface area contributed by atoms with Gasteiger partial charge >= 0.3 is 0 Å². The van der Waals surface area contributed by atoms with Crippen molar-refractivity contribution in [3.63, 3.8) is 0 Å². The molecule has 0 bridgehead atoms. The summed E-state index contributed by atoms with van der Waals surface area (Å²) in [6.07, 6.45) is 48.9. The van der Waals surface area contributed by atoms with Crippen molar-refractivity contribution in [1.29, 1.82) is 0 Å². The van der Waals surface area contributed by atoms with Crippen LogP contribution in [0.5, 0.6) is 0 Å². The van der Waals surface area contributed by atoms with E-state index in [4.69, 9.17) is 0 Å². The van der Waals surface area contributed by atoms with Gasteiger partial charge in [-0.3, -0.25) is 0 Å². The number of imidazole rings is 1. The van der Waals surface area contributed by atoms with Crippen molar-refractivity contribution >= 4 is 0 Å². The first kappa shape index (κ1) is 38.2. The summed E-state index contributed by atoms with van der Waals surface area (Å²) in [6.45, 7) is 9.40. The third-order valence-electron chi connectivity index (χ3n) is 9.35. The van der Waals surface area contributed by atoms with Gasteiger partial charge in [-0.15, -0.1) is 0 Å². The minimum absolute atomic E-state index is 1.23. The summed E-state index contributed by atoms with van der Waals surface area (Å²) in [6, 6.07) is 0. The van der Waals surface area contributed by atoms with Crippen LogP contribution in [0.1, 0.15) is 219 Å².